The van der Waals surface area contributed by atoms with E-state index in [2.05, 4.69) is 9.97 Å². The quantitative estimate of drug-likeness (QED) is 0.932. The molecular weight excluding hydrogens is 266 g/mol. The molecule has 0 aliphatic heterocycles. The van der Waals surface area contributed by atoms with Crippen molar-refractivity contribution in [2.24, 2.45) is 0 Å². The van der Waals surface area contributed by atoms with Gasteiger partial charge >= 0.3 is 0 Å². The first-order valence-electron chi connectivity index (χ1n) is 7.06. The number of nitrogens with two attached hydrogens (primary N) is 1. The Bertz CT molecular complexity index is 671. The fourth-order valence-corrected chi connectivity index (χ4v) is 2.77. The minimum atomic E-state index is 0.632. The van der Waals surface area contributed by atoms with E-state index < -0.39 is 0 Å². The Hall–Kier alpha value is -2.30. The van der Waals surface area contributed by atoms with Gasteiger partial charge in [0.25, 0.3) is 0 Å². The van der Waals surface area contributed by atoms with Crippen LogP contribution in [0.3, 0.4) is 0 Å². The zero-order chi connectivity index (χ0) is 14.8. The van der Waals surface area contributed by atoms with Crippen LogP contribution < -0.4 is 15.2 Å². The molecule has 3 rings (SSSR count). The lowest BCUT2D eigenvalue weighted by atomic mass is 10.1. The van der Waals surface area contributed by atoms with E-state index in [1.807, 2.05) is 18.2 Å². The molecule has 1 aliphatic rings. The van der Waals surface area contributed by atoms with Crippen LogP contribution in [0.2, 0.25) is 0 Å². The molecule has 0 amide bonds. The van der Waals surface area contributed by atoms with E-state index in [9.17, 15) is 0 Å². The maximum Gasteiger partial charge on any atom is 0.161 e. The minimum absolute atomic E-state index is 0.632. The largest absolute Gasteiger partial charge is 0.493 e. The Morgan fingerprint density at radius 1 is 1.10 bits per heavy atom. The molecule has 0 bridgehead atoms. The summed E-state index contributed by atoms with van der Waals surface area (Å²) in [6.45, 7) is 0. The maximum absolute atomic E-state index is 6.03. The predicted molar refractivity (Wildman–Crippen MR) is 80.8 cm³/mol. The van der Waals surface area contributed by atoms with Gasteiger partial charge in [-0.1, -0.05) is 6.07 Å². The van der Waals surface area contributed by atoms with Gasteiger partial charge in [0.05, 0.1) is 14.2 Å². The molecular formula is C16H19N3O2. The molecule has 1 aromatic heterocycles. The highest BCUT2D eigenvalue weighted by molar-refractivity contribution is 5.46. The summed E-state index contributed by atoms with van der Waals surface area (Å²) in [5.74, 6) is 2.83. The molecule has 0 saturated carbocycles. The summed E-state index contributed by atoms with van der Waals surface area (Å²) < 4.78 is 10.6. The molecule has 0 radical (unpaired) electrons. The summed E-state index contributed by atoms with van der Waals surface area (Å²) in [6.07, 6.45) is 3.75. The molecule has 21 heavy (non-hydrogen) atoms. The van der Waals surface area contributed by atoms with Crippen LogP contribution in [0, 0.1) is 0 Å². The van der Waals surface area contributed by atoms with Gasteiger partial charge in [0.2, 0.25) is 0 Å². The Morgan fingerprint density at radius 3 is 2.67 bits per heavy atom. The summed E-state index contributed by atoms with van der Waals surface area (Å²) in [7, 11) is 3.26. The van der Waals surface area contributed by atoms with Crippen LogP contribution in [0.5, 0.6) is 11.5 Å². The number of ether oxygens (including phenoxy) is 2. The highest BCUT2D eigenvalue weighted by atomic mass is 16.5. The molecule has 5 heteroatoms. The molecule has 0 spiro atoms. The number of hydrogen-bond acceptors (Lipinski definition) is 5. The molecule has 1 aliphatic carbocycles. The molecule has 2 N–H and O–H groups in total. The van der Waals surface area contributed by atoms with E-state index in [4.69, 9.17) is 15.2 Å². The van der Waals surface area contributed by atoms with Crippen molar-refractivity contribution in [3.63, 3.8) is 0 Å². The van der Waals surface area contributed by atoms with Gasteiger partial charge in [-0.15, -0.1) is 0 Å². The predicted octanol–water partition coefficient (Wildman–Crippen LogP) is 2.16. The van der Waals surface area contributed by atoms with Crippen LogP contribution in [0.4, 0.5) is 5.82 Å². The Kier molecular flexibility index (Phi) is 3.64. The summed E-state index contributed by atoms with van der Waals surface area (Å²) in [6, 6.07) is 5.84. The fraction of sp³-hybridized carbons (Fsp3) is 0.375. The number of nitrogen functional groups attached to an aromatic ring is 1. The number of aromatic nitrogens is 2. The zero-order valence-corrected chi connectivity index (χ0v) is 12.3. The minimum Gasteiger partial charge on any atom is -0.493 e. The first-order valence-corrected chi connectivity index (χ1v) is 7.06. The van der Waals surface area contributed by atoms with Crippen molar-refractivity contribution in [1.29, 1.82) is 0 Å². The van der Waals surface area contributed by atoms with Crippen LogP contribution in [-0.2, 0) is 19.3 Å². The van der Waals surface area contributed by atoms with Gasteiger partial charge in [0.1, 0.15) is 11.6 Å². The molecule has 110 valence electrons. The van der Waals surface area contributed by atoms with Crippen molar-refractivity contribution >= 4 is 5.82 Å². The number of hydrogen-bond donors (Lipinski definition) is 1. The second-order valence-corrected chi connectivity index (χ2v) is 5.17. The highest BCUT2D eigenvalue weighted by Crippen LogP contribution is 2.29. The summed E-state index contributed by atoms with van der Waals surface area (Å²) in [4.78, 5) is 9.08. The van der Waals surface area contributed by atoms with Gasteiger partial charge in [-0.3, -0.25) is 0 Å². The Balaban J connectivity index is 1.88. The fourth-order valence-electron chi connectivity index (χ4n) is 2.77. The van der Waals surface area contributed by atoms with Crippen LogP contribution in [-0.4, -0.2) is 24.2 Å². The topological polar surface area (TPSA) is 70.3 Å². The van der Waals surface area contributed by atoms with Crippen molar-refractivity contribution < 1.29 is 9.47 Å². The lowest BCUT2D eigenvalue weighted by Gasteiger charge is -2.10. The third-order valence-corrected chi connectivity index (χ3v) is 3.82. The number of methoxy groups -OCH3 is 2. The van der Waals surface area contributed by atoms with Gasteiger partial charge in [-0.2, -0.15) is 0 Å². The van der Waals surface area contributed by atoms with Crippen molar-refractivity contribution in [3.05, 3.63) is 40.8 Å². The first-order chi connectivity index (χ1) is 10.2. The lowest BCUT2D eigenvalue weighted by Crippen LogP contribution is -2.06. The molecule has 0 unspecified atom stereocenters. The van der Waals surface area contributed by atoms with Gasteiger partial charge in [0.15, 0.2) is 11.5 Å². The maximum atomic E-state index is 6.03. The number of rotatable bonds is 4. The number of anilines is 1. The van der Waals surface area contributed by atoms with Crippen LogP contribution >= 0.6 is 0 Å². The Morgan fingerprint density at radius 2 is 1.90 bits per heavy atom. The van der Waals surface area contributed by atoms with Gasteiger partial charge in [-0.05, 0) is 37.0 Å². The van der Waals surface area contributed by atoms with E-state index in [0.29, 0.717) is 18.0 Å². The van der Waals surface area contributed by atoms with E-state index in [-0.39, 0.29) is 0 Å². The average molecular weight is 285 g/mol. The Labute approximate surface area is 124 Å². The van der Waals surface area contributed by atoms with Crippen molar-refractivity contribution in [3.8, 4) is 11.5 Å². The molecule has 0 saturated heterocycles. The van der Waals surface area contributed by atoms with Crippen LogP contribution in [0.25, 0.3) is 0 Å². The second kappa shape index (κ2) is 5.60. The van der Waals surface area contributed by atoms with Crippen LogP contribution in [0.15, 0.2) is 18.2 Å². The van der Waals surface area contributed by atoms with Crippen molar-refractivity contribution in [2.45, 2.75) is 25.7 Å². The highest BCUT2D eigenvalue weighted by Gasteiger charge is 2.18. The van der Waals surface area contributed by atoms with E-state index in [1.54, 1.807) is 14.2 Å². The molecule has 0 fully saturated rings. The third-order valence-electron chi connectivity index (χ3n) is 3.82. The second-order valence-electron chi connectivity index (χ2n) is 5.17. The normalized spacial score (nSPS) is 13.0. The third kappa shape index (κ3) is 2.63. The standard InChI is InChI=1S/C16H19N3O2/c1-20-13-7-6-10(8-14(13)21-2)9-15-18-12-5-3-4-11(12)16(17)19-15/h6-8H,3-5,9H2,1-2H3,(H2,17,18,19). The summed E-state index contributed by atoms with van der Waals surface area (Å²) in [5, 5.41) is 0. The number of nitrogens with zero attached hydrogens (tertiary/aromatic N) is 2. The average Bonchev–Trinajstić information content (AvgIpc) is 2.96. The van der Waals surface area contributed by atoms with E-state index >= 15 is 0 Å². The lowest BCUT2D eigenvalue weighted by molar-refractivity contribution is 0.354. The molecule has 1 heterocycles. The van der Waals surface area contributed by atoms with Crippen molar-refractivity contribution in [1.82, 2.24) is 9.97 Å². The van der Waals surface area contributed by atoms with E-state index in [1.165, 1.54) is 0 Å². The number of fused-ring (bicyclic) bond motifs is 1. The van der Waals surface area contributed by atoms with Gasteiger partial charge in [0, 0.05) is 17.7 Å². The molecule has 2 aromatic rings. The van der Waals surface area contributed by atoms with E-state index in [0.717, 1.165) is 47.7 Å². The number of benzene rings is 1. The van der Waals surface area contributed by atoms with Gasteiger partial charge < -0.3 is 15.2 Å². The zero-order valence-electron chi connectivity index (χ0n) is 12.3. The molecule has 0 atom stereocenters. The smallest absolute Gasteiger partial charge is 0.161 e. The summed E-state index contributed by atoms with van der Waals surface area (Å²) in [5.41, 5.74) is 9.35. The van der Waals surface area contributed by atoms with Crippen LogP contribution in [0.1, 0.15) is 29.1 Å². The molecule has 1 aromatic carbocycles. The molecule has 5 nitrogen and oxygen atoms in total. The first kappa shape index (κ1) is 13.7. The summed E-state index contributed by atoms with van der Waals surface area (Å²) >= 11 is 0. The monoisotopic (exact) mass is 285 g/mol. The van der Waals surface area contributed by atoms with Crippen molar-refractivity contribution in [2.75, 3.05) is 20.0 Å². The van der Waals surface area contributed by atoms with Gasteiger partial charge in [-0.25, -0.2) is 9.97 Å². The SMILES string of the molecule is COc1ccc(Cc2nc(N)c3c(n2)CCC3)cc1OC. The number of aryl methyl sites for hydroxylation is 1.